The van der Waals surface area contributed by atoms with Crippen molar-refractivity contribution in [3.05, 3.63) is 0 Å². The molecule has 4 nitrogen and oxygen atoms in total. The van der Waals surface area contributed by atoms with Crippen molar-refractivity contribution in [1.29, 1.82) is 0 Å². The van der Waals surface area contributed by atoms with Gasteiger partial charge in [0, 0.05) is 6.61 Å². The van der Waals surface area contributed by atoms with Gasteiger partial charge in [0.1, 0.15) is 5.60 Å². The van der Waals surface area contributed by atoms with E-state index in [1.807, 2.05) is 20.8 Å². The molecule has 1 atom stereocenters. The molecule has 0 spiro atoms. The van der Waals surface area contributed by atoms with Crippen LogP contribution < -0.4 is 0 Å². The third kappa shape index (κ3) is 3.69. The van der Waals surface area contributed by atoms with Crippen LogP contribution in [0.5, 0.6) is 0 Å². The molecule has 1 saturated heterocycles. The van der Waals surface area contributed by atoms with Gasteiger partial charge in [-0.2, -0.15) is 0 Å². The molecule has 0 radical (unpaired) electrons. The molecule has 0 amide bonds. The van der Waals surface area contributed by atoms with Crippen LogP contribution >= 0.6 is 0 Å². The first kappa shape index (κ1) is 13.8. The van der Waals surface area contributed by atoms with Gasteiger partial charge in [0.15, 0.2) is 6.29 Å². The van der Waals surface area contributed by atoms with Crippen LogP contribution in [-0.4, -0.2) is 31.1 Å². The van der Waals surface area contributed by atoms with E-state index in [2.05, 4.69) is 0 Å². The minimum Gasteiger partial charge on any atom is -0.459 e. The molecule has 2 fully saturated rings. The molecule has 1 heterocycles. The van der Waals surface area contributed by atoms with E-state index in [1.54, 1.807) is 0 Å². The highest BCUT2D eigenvalue weighted by atomic mass is 16.7. The Labute approximate surface area is 109 Å². The molecule has 2 rings (SSSR count). The summed E-state index contributed by atoms with van der Waals surface area (Å²) >= 11 is 0. The molecule has 0 aromatic carbocycles. The third-order valence-electron chi connectivity index (χ3n) is 3.37. The summed E-state index contributed by atoms with van der Waals surface area (Å²) in [4.78, 5) is 12.1. The summed E-state index contributed by atoms with van der Waals surface area (Å²) in [5.41, 5.74) is -0.817. The van der Waals surface area contributed by atoms with Gasteiger partial charge in [-0.1, -0.05) is 0 Å². The van der Waals surface area contributed by atoms with E-state index in [1.165, 1.54) is 0 Å². The van der Waals surface area contributed by atoms with E-state index in [4.69, 9.17) is 14.2 Å². The highest BCUT2D eigenvalue weighted by Gasteiger charge is 2.53. The standard InChI is InChI=1S/C14H24O4/c1-13(2,3)18-12(15)14(7-8-14)10-17-11-6-4-5-9-16-11/h11H,4-10H2,1-3H3. The van der Waals surface area contributed by atoms with Crippen molar-refractivity contribution < 1.29 is 19.0 Å². The van der Waals surface area contributed by atoms with Gasteiger partial charge in [-0.15, -0.1) is 0 Å². The minimum atomic E-state index is -0.423. The van der Waals surface area contributed by atoms with Gasteiger partial charge < -0.3 is 14.2 Å². The van der Waals surface area contributed by atoms with Gasteiger partial charge >= 0.3 is 5.97 Å². The fourth-order valence-corrected chi connectivity index (χ4v) is 2.04. The lowest BCUT2D eigenvalue weighted by atomic mass is 10.1. The molecule has 1 unspecified atom stereocenters. The first-order valence-electron chi connectivity index (χ1n) is 6.88. The summed E-state index contributed by atoms with van der Waals surface area (Å²) in [5.74, 6) is -0.120. The molecule has 0 bridgehead atoms. The Morgan fingerprint density at radius 3 is 2.56 bits per heavy atom. The van der Waals surface area contributed by atoms with Gasteiger partial charge in [0.25, 0.3) is 0 Å². The van der Waals surface area contributed by atoms with Crippen LogP contribution in [-0.2, 0) is 19.0 Å². The van der Waals surface area contributed by atoms with E-state index in [0.29, 0.717) is 6.61 Å². The molecule has 18 heavy (non-hydrogen) atoms. The number of esters is 1. The minimum absolute atomic E-state index is 0.120. The van der Waals surface area contributed by atoms with Crippen molar-refractivity contribution in [2.75, 3.05) is 13.2 Å². The zero-order valence-electron chi connectivity index (χ0n) is 11.7. The molecule has 1 aliphatic heterocycles. The van der Waals surface area contributed by atoms with Crippen molar-refractivity contribution in [2.24, 2.45) is 5.41 Å². The predicted molar refractivity (Wildman–Crippen MR) is 67.1 cm³/mol. The fraction of sp³-hybridized carbons (Fsp3) is 0.929. The molecule has 0 aromatic rings. The highest BCUT2D eigenvalue weighted by molar-refractivity contribution is 5.80. The van der Waals surface area contributed by atoms with Crippen LogP contribution in [0.2, 0.25) is 0 Å². The van der Waals surface area contributed by atoms with Crippen LogP contribution in [0.1, 0.15) is 52.9 Å². The topological polar surface area (TPSA) is 44.8 Å². The summed E-state index contributed by atoms with van der Waals surface area (Å²) in [7, 11) is 0. The number of hydrogen-bond donors (Lipinski definition) is 0. The van der Waals surface area contributed by atoms with Crippen molar-refractivity contribution >= 4 is 5.97 Å². The number of carbonyl (C=O) groups is 1. The Hall–Kier alpha value is -0.610. The largest absolute Gasteiger partial charge is 0.459 e. The summed E-state index contributed by atoms with van der Waals surface area (Å²) in [6.45, 7) is 6.89. The van der Waals surface area contributed by atoms with Crippen LogP contribution in [0.4, 0.5) is 0 Å². The maximum absolute atomic E-state index is 12.1. The van der Waals surface area contributed by atoms with E-state index in [-0.39, 0.29) is 12.3 Å². The summed E-state index contributed by atoms with van der Waals surface area (Å²) in [5, 5.41) is 0. The van der Waals surface area contributed by atoms with Gasteiger partial charge in [-0.3, -0.25) is 4.79 Å². The van der Waals surface area contributed by atoms with Crippen LogP contribution in [0, 0.1) is 5.41 Å². The monoisotopic (exact) mass is 256 g/mol. The molecule has 0 N–H and O–H groups in total. The molecule has 2 aliphatic rings. The van der Waals surface area contributed by atoms with Crippen LogP contribution in [0.25, 0.3) is 0 Å². The summed E-state index contributed by atoms with van der Waals surface area (Å²) in [6.07, 6.45) is 4.80. The second-order valence-electron chi connectivity index (χ2n) is 6.39. The molecule has 0 aromatic heterocycles. The molecular formula is C14H24O4. The lowest BCUT2D eigenvalue weighted by Gasteiger charge is -2.27. The maximum Gasteiger partial charge on any atom is 0.314 e. The van der Waals surface area contributed by atoms with Gasteiger partial charge in [0.2, 0.25) is 0 Å². The summed E-state index contributed by atoms with van der Waals surface area (Å²) in [6, 6.07) is 0. The van der Waals surface area contributed by atoms with Crippen molar-refractivity contribution in [2.45, 2.75) is 64.8 Å². The zero-order chi connectivity index (χ0) is 13.2. The lowest BCUT2D eigenvalue weighted by Crippen LogP contribution is -2.34. The molecule has 104 valence electrons. The predicted octanol–water partition coefficient (Wildman–Crippen LogP) is 2.65. The SMILES string of the molecule is CC(C)(C)OC(=O)C1(COC2CCCCO2)CC1. The van der Waals surface area contributed by atoms with E-state index in [9.17, 15) is 4.79 Å². The summed E-state index contributed by atoms with van der Waals surface area (Å²) < 4.78 is 16.7. The van der Waals surface area contributed by atoms with Crippen LogP contribution in [0.3, 0.4) is 0 Å². The molecule has 1 aliphatic carbocycles. The normalized spacial score (nSPS) is 26.7. The number of ether oxygens (including phenoxy) is 3. The second kappa shape index (κ2) is 5.17. The van der Waals surface area contributed by atoms with Crippen molar-refractivity contribution in [3.8, 4) is 0 Å². The smallest absolute Gasteiger partial charge is 0.314 e. The fourth-order valence-electron chi connectivity index (χ4n) is 2.04. The number of rotatable bonds is 4. The lowest BCUT2D eigenvalue weighted by molar-refractivity contribution is -0.185. The van der Waals surface area contributed by atoms with E-state index < -0.39 is 11.0 Å². The van der Waals surface area contributed by atoms with Gasteiger partial charge in [-0.25, -0.2) is 0 Å². The Balaban J connectivity index is 1.78. The Bertz CT molecular complexity index is 295. The Morgan fingerprint density at radius 1 is 1.33 bits per heavy atom. The van der Waals surface area contributed by atoms with E-state index >= 15 is 0 Å². The van der Waals surface area contributed by atoms with Gasteiger partial charge in [0.05, 0.1) is 12.0 Å². The average molecular weight is 256 g/mol. The maximum atomic E-state index is 12.1. The number of hydrogen-bond acceptors (Lipinski definition) is 4. The first-order valence-corrected chi connectivity index (χ1v) is 6.88. The zero-order valence-corrected chi connectivity index (χ0v) is 11.7. The molecule has 4 heteroatoms. The molecular weight excluding hydrogens is 232 g/mol. The van der Waals surface area contributed by atoms with E-state index in [0.717, 1.165) is 38.7 Å². The average Bonchev–Trinajstić information content (AvgIpc) is 3.07. The highest BCUT2D eigenvalue weighted by Crippen LogP contribution is 2.48. The van der Waals surface area contributed by atoms with Gasteiger partial charge in [-0.05, 0) is 52.9 Å². The molecule has 1 saturated carbocycles. The Morgan fingerprint density at radius 2 is 2.06 bits per heavy atom. The first-order chi connectivity index (χ1) is 8.41. The van der Waals surface area contributed by atoms with Crippen molar-refractivity contribution in [1.82, 2.24) is 0 Å². The van der Waals surface area contributed by atoms with Crippen molar-refractivity contribution in [3.63, 3.8) is 0 Å². The third-order valence-corrected chi connectivity index (χ3v) is 3.37. The second-order valence-corrected chi connectivity index (χ2v) is 6.39. The quantitative estimate of drug-likeness (QED) is 0.725. The number of carbonyl (C=O) groups excluding carboxylic acids is 1. The van der Waals surface area contributed by atoms with Crippen LogP contribution in [0.15, 0.2) is 0 Å². The Kier molecular flexibility index (Phi) is 3.97.